The van der Waals surface area contributed by atoms with Gasteiger partial charge < -0.3 is 19.8 Å². The molecule has 0 unspecified atom stereocenters. The van der Waals surface area contributed by atoms with Gasteiger partial charge in [-0.2, -0.15) is 0 Å². The minimum atomic E-state index is -0.877. The Kier molecular flexibility index (Phi) is 8.06. The third kappa shape index (κ3) is 7.15. The van der Waals surface area contributed by atoms with Gasteiger partial charge in [0.25, 0.3) is 0 Å². The van der Waals surface area contributed by atoms with E-state index in [1.54, 1.807) is 11.9 Å². The fourth-order valence-electron chi connectivity index (χ4n) is 2.39. The van der Waals surface area contributed by atoms with Crippen molar-refractivity contribution in [2.75, 3.05) is 58.8 Å². The van der Waals surface area contributed by atoms with Crippen LogP contribution in [0.2, 0.25) is 0 Å². The van der Waals surface area contributed by atoms with Gasteiger partial charge in [0, 0.05) is 26.2 Å². The summed E-state index contributed by atoms with van der Waals surface area (Å²) in [5, 5.41) is 8.55. The molecule has 6 nitrogen and oxygen atoms in total. The topological polar surface area (TPSA) is 64.1 Å². The minimum absolute atomic E-state index is 0.00183. The van der Waals surface area contributed by atoms with Gasteiger partial charge in [-0.1, -0.05) is 0 Å². The van der Waals surface area contributed by atoms with Gasteiger partial charge in [0.05, 0.1) is 11.5 Å². The standard InChI is InChI=1S/C14H27N3O3S/c1-15-6-4-12(5-7-15)16(2)8-9-17(3)13(18)10-21-11-14(19)20/h12H,4-11H2,1-3H3,(H,19,20). The summed E-state index contributed by atoms with van der Waals surface area (Å²) in [6, 6.07) is 0.603. The molecule has 1 heterocycles. The minimum Gasteiger partial charge on any atom is -0.481 e. The number of likely N-dealkylation sites (tertiary alicyclic amines) is 1. The Morgan fingerprint density at radius 1 is 1.19 bits per heavy atom. The lowest BCUT2D eigenvalue weighted by Gasteiger charge is -2.35. The van der Waals surface area contributed by atoms with E-state index in [-0.39, 0.29) is 17.4 Å². The number of aliphatic carboxylic acids is 1. The number of carbonyl (C=O) groups excluding carboxylic acids is 1. The van der Waals surface area contributed by atoms with Crippen LogP contribution in [0, 0.1) is 0 Å². The third-order valence-corrected chi connectivity index (χ3v) is 4.88. The van der Waals surface area contributed by atoms with Crippen LogP contribution in [0.5, 0.6) is 0 Å². The summed E-state index contributed by atoms with van der Waals surface area (Å²) >= 11 is 1.15. The molecule has 122 valence electrons. The Morgan fingerprint density at radius 3 is 2.38 bits per heavy atom. The van der Waals surface area contributed by atoms with Crippen LogP contribution < -0.4 is 0 Å². The number of carbonyl (C=O) groups is 2. The van der Waals surface area contributed by atoms with Crippen molar-refractivity contribution in [2.24, 2.45) is 0 Å². The highest BCUT2D eigenvalue weighted by atomic mass is 32.2. The second-order valence-corrected chi connectivity index (χ2v) is 6.70. The number of hydrogen-bond acceptors (Lipinski definition) is 5. The van der Waals surface area contributed by atoms with E-state index in [1.807, 2.05) is 0 Å². The molecule has 0 aromatic heterocycles. The molecule has 7 heteroatoms. The largest absolute Gasteiger partial charge is 0.481 e. The number of likely N-dealkylation sites (N-methyl/N-ethyl adjacent to an activating group) is 2. The smallest absolute Gasteiger partial charge is 0.313 e. The van der Waals surface area contributed by atoms with Gasteiger partial charge in [0.1, 0.15) is 0 Å². The summed E-state index contributed by atoms with van der Waals surface area (Å²) in [6.45, 7) is 3.82. The molecule has 1 N–H and O–H groups in total. The van der Waals surface area contributed by atoms with E-state index in [1.165, 1.54) is 12.8 Å². The molecule has 0 atom stereocenters. The highest BCUT2D eigenvalue weighted by Crippen LogP contribution is 2.13. The first-order valence-corrected chi connectivity index (χ1v) is 8.48. The summed E-state index contributed by atoms with van der Waals surface area (Å²) in [6.07, 6.45) is 2.36. The van der Waals surface area contributed by atoms with Gasteiger partial charge in [-0.25, -0.2) is 0 Å². The maximum atomic E-state index is 11.8. The zero-order valence-corrected chi connectivity index (χ0v) is 14.1. The maximum absolute atomic E-state index is 11.8. The fourth-order valence-corrected chi connectivity index (χ4v) is 3.06. The van der Waals surface area contributed by atoms with E-state index >= 15 is 0 Å². The van der Waals surface area contributed by atoms with Crippen LogP contribution >= 0.6 is 11.8 Å². The molecule has 0 radical (unpaired) electrons. The molecular weight excluding hydrogens is 290 g/mol. The fraction of sp³-hybridized carbons (Fsp3) is 0.857. The zero-order chi connectivity index (χ0) is 15.8. The molecule has 1 aliphatic heterocycles. The summed E-state index contributed by atoms with van der Waals surface area (Å²) in [4.78, 5) is 28.6. The predicted octanol–water partition coefficient (Wildman–Crippen LogP) is 0.289. The summed E-state index contributed by atoms with van der Waals surface area (Å²) in [5.41, 5.74) is 0. The number of hydrogen-bond donors (Lipinski definition) is 1. The zero-order valence-electron chi connectivity index (χ0n) is 13.2. The van der Waals surface area contributed by atoms with Crippen molar-refractivity contribution < 1.29 is 14.7 Å². The van der Waals surface area contributed by atoms with Crippen molar-refractivity contribution in [1.82, 2.24) is 14.7 Å². The molecule has 21 heavy (non-hydrogen) atoms. The molecule has 1 saturated heterocycles. The average molecular weight is 317 g/mol. The van der Waals surface area contributed by atoms with Crippen molar-refractivity contribution in [3.8, 4) is 0 Å². The average Bonchev–Trinajstić information content (AvgIpc) is 2.44. The van der Waals surface area contributed by atoms with E-state index in [2.05, 4.69) is 23.9 Å². The predicted molar refractivity (Wildman–Crippen MR) is 85.7 cm³/mol. The Bertz CT molecular complexity index is 346. The van der Waals surface area contributed by atoms with Crippen LogP contribution in [0.3, 0.4) is 0 Å². The molecule has 0 bridgehead atoms. The first-order valence-electron chi connectivity index (χ1n) is 7.32. The molecule has 0 aromatic carbocycles. The Hall–Kier alpha value is -0.790. The molecular formula is C14H27N3O3S. The van der Waals surface area contributed by atoms with Crippen molar-refractivity contribution in [3.63, 3.8) is 0 Å². The van der Waals surface area contributed by atoms with Gasteiger partial charge in [-0.15, -0.1) is 11.8 Å². The Labute approximate surface area is 131 Å². The van der Waals surface area contributed by atoms with Crippen molar-refractivity contribution in [3.05, 3.63) is 0 Å². The van der Waals surface area contributed by atoms with Crippen molar-refractivity contribution >= 4 is 23.6 Å². The first kappa shape index (κ1) is 18.3. The van der Waals surface area contributed by atoms with Crippen LogP contribution in [0.4, 0.5) is 0 Å². The van der Waals surface area contributed by atoms with E-state index < -0.39 is 5.97 Å². The van der Waals surface area contributed by atoms with Gasteiger partial charge in [-0.05, 0) is 40.0 Å². The Balaban J connectivity index is 2.20. The normalized spacial score (nSPS) is 17.1. The van der Waals surface area contributed by atoms with E-state index in [4.69, 9.17) is 5.11 Å². The molecule has 0 aromatic rings. The summed E-state index contributed by atoms with van der Waals surface area (Å²) in [5.74, 6) is -0.661. The number of nitrogens with zero attached hydrogens (tertiary/aromatic N) is 3. The molecule has 1 fully saturated rings. The van der Waals surface area contributed by atoms with E-state index in [0.29, 0.717) is 12.6 Å². The molecule has 0 spiro atoms. The van der Waals surface area contributed by atoms with Crippen molar-refractivity contribution in [2.45, 2.75) is 18.9 Å². The number of carboxylic acids is 1. The number of amides is 1. The number of thioether (sulfide) groups is 1. The van der Waals surface area contributed by atoms with Gasteiger partial charge >= 0.3 is 5.97 Å². The number of piperidine rings is 1. The highest BCUT2D eigenvalue weighted by Gasteiger charge is 2.20. The molecule has 1 amide bonds. The highest BCUT2D eigenvalue weighted by molar-refractivity contribution is 8.00. The van der Waals surface area contributed by atoms with Gasteiger partial charge in [0.2, 0.25) is 5.91 Å². The lowest BCUT2D eigenvalue weighted by Crippen LogP contribution is -2.45. The van der Waals surface area contributed by atoms with Gasteiger partial charge in [-0.3, -0.25) is 9.59 Å². The molecule has 0 aliphatic carbocycles. The SMILES string of the molecule is CN1CCC(N(C)CCN(C)C(=O)CSCC(=O)O)CC1. The lowest BCUT2D eigenvalue weighted by atomic mass is 10.0. The summed E-state index contributed by atoms with van der Waals surface area (Å²) in [7, 11) is 6.05. The van der Waals surface area contributed by atoms with Crippen LogP contribution in [0.25, 0.3) is 0 Å². The van der Waals surface area contributed by atoms with Crippen LogP contribution in [-0.2, 0) is 9.59 Å². The monoisotopic (exact) mass is 317 g/mol. The third-order valence-electron chi connectivity index (χ3n) is 3.98. The second kappa shape index (κ2) is 9.27. The van der Waals surface area contributed by atoms with Crippen molar-refractivity contribution in [1.29, 1.82) is 0 Å². The first-order chi connectivity index (χ1) is 9.90. The summed E-state index contributed by atoms with van der Waals surface area (Å²) < 4.78 is 0. The van der Waals surface area contributed by atoms with Gasteiger partial charge in [0.15, 0.2) is 0 Å². The number of rotatable bonds is 8. The molecule has 1 aliphatic rings. The maximum Gasteiger partial charge on any atom is 0.313 e. The second-order valence-electron chi connectivity index (χ2n) is 5.72. The van der Waals surface area contributed by atoms with Crippen LogP contribution in [0.1, 0.15) is 12.8 Å². The quantitative estimate of drug-likeness (QED) is 0.694. The van der Waals surface area contributed by atoms with E-state index in [0.717, 1.165) is 31.4 Å². The molecule has 1 rings (SSSR count). The lowest BCUT2D eigenvalue weighted by molar-refractivity contribution is -0.133. The number of carboxylic acid groups (broad SMARTS) is 1. The van der Waals surface area contributed by atoms with Crippen LogP contribution in [0.15, 0.2) is 0 Å². The van der Waals surface area contributed by atoms with E-state index in [9.17, 15) is 9.59 Å². The Morgan fingerprint density at radius 2 is 1.81 bits per heavy atom. The van der Waals surface area contributed by atoms with Crippen LogP contribution in [-0.4, -0.2) is 96.6 Å². The molecule has 0 saturated carbocycles.